The third kappa shape index (κ3) is 4.30. The smallest absolute Gasteiger partial charge is 0.241 e. The van der Waals surface area contributed by atoms with E-state index < -0.39 is 17.8 Å². The fourth-order valence-electron chi connectivity index (χ4n) is 1.68. The number of carbonyl (C=O) groups is 1. The fourth-order valence-corrected chi connectivity index (χ4v) is 1.68. The van der Waals surface area contributed by atoms with Crippen LogP contribution in [-0.4, -0.2) is 25.7 Å². The van der Waals surface area contributed by atoms with E-state index in [1.165, 1.54) is 13.0 Å². The van der Waals surface area contributed by atoms with Crippen molar-refractivity contribution in [2.75, 3.05) is 19.0 Å². The summed E-state index contributed by atoms with van der Waals surface area (Å²) in [6, 6.07) is 3.70. The molecule has 1 atom stereocenters. The number of halogens is 1. The molecule has 3 N–H and O–H groups in total. The van der Waals surface area contributed by atoms with E-state index in [9.17, 15) is 9.18 Å². The molecular weight excluding hydrogens is 261 g/mol. The average Bonchev–Trinajstić information content (AvgIpc) is 2.43. The number of methoxy groups -OCH3 is 1. The highest BCUT2D eigenvalue weighted by molar-refractivity contribution is 5.95. The largest absolute Gasteiger partial charge is 0.385 e. The lowest BCUT2D eigenvalue weighted by Gasteiger charge is -2.14. The van der Waals surface area contributed by atoms with Crippen molar-refractivity contribution >= 4 is 11.6 Å². The van der Waals surface area contributed by atoms with Crippen molar-refractivity contribution in [2.45, 2.75) is 25.8 Å². The highest BCUT2D eigenvalue weighted by Crippen LogP contribution is 2.20. The molecule has 1 aromatic carbocycles. The number of anilines is 1. The first-order chi connectivity index (χ1) is 9.49. The standard InChI is InChI=1S/C14H18FN3O2/c1-9-11(15)6-10(8-16)7-13(9)18-14(19)12(17)4-3-5-20-2/h6-7,12H,3-5,17H2,1-2H3,(H,18,19). The molecule has 1 aromatic rings. The number of hydrogen-bond acceptors (Lipinski definition) is 4. The van der Waals surface area contributed by atoms with Crippen LogP contribution in [0, 0.1) is 24.1 Å². The number of carbonyl (C=O) groups excluding carboxylic acids is 1. The summed E-state index contributed by atoms with van der Waals surface area (Å²) in [6.45, 7) is 2.06. The first kappa shape index (κ1) is 16.1. The van der Waals surface area contributed by atoms with E-state index >= 15 is 0 Å². The van der Waals surface area contributed by atoms with Gasteiger partial charge in [-0.25, -0.2) is 4.39 Å². The second kappa shape index (κ2) is 7.58. The van der Waals surface area contributed by atoms with Crippen LogP contribution in [-0.2, 0) is 9.53 Å². The van der Waals surface area contributed by atoms with Crippen LogP contribution in [0.4, 0.5) is 10.1 Å². The predicted molar refractivity (Wildman–Crippen MR) is 73.6 cm³/mol. The molecule has 1 unspecified atom stereocenters. The minimum absolute atomic E-state index is 0.149. The van der Waals surface area contributed by atoms with Gasteiger partial charge < -0.3 is 15.8 Å². The van der Waals surface area contributed by atoms with Crippen molar-refractivity contribution in [3.8, 4) is 6.07 Å². The van der Waals surface area contributed by atoms with Crippen LogP contribution < -0.4 is 11.1 Å². The van der Waals surface area contributed by atoms with Gasteiger partial charge in [-0.05, 0) is 31.9 Å². The maximum Gasteiger partial charge on any atom is 0.241 e. The van der Waals surface area contributed by atoms with Crippen molar-refractivity contribution < 1.29 is 13.9 Å². The maximum absolute atomic E-state index is 13.6. The third-order valence-corrected chi connectivity index (χ3v) is 2.93. The summed E-state index contributed by atoms with van der Waals surface area (Å²) in [4.78, 5) is 11.9. The molecule has 0 fully saturated rings. The summed E-state index contributed by atoms with van der Waals surface area (Å²) < 4.78 is 18.5. The molecule has 20 heavy (non-hydrogen) atoms. The van der Waals surface area contributed by atoms with Gasteiger partial charge in [0.25, 0.3) is 0 Å². The number of nitrogens with zero attached hydrogens (tertiary/aromatic N) is 1. The molecule has 0 saturated carbocycles. The van der Waals surface area contributed by atoms with E-state index in [2.05, 4.69) is 5.32 Å². The molecule has 108 valence electrons. The minimum atomic E-state index is -0.696. The number of amides is 1. The van der Waals surface area contributed by atoms with Crippen molar-refractivity contribution in [1.29, 1.82) is 5.26 Å². The third-order valence-electron chi connectivity index (χ3n) is 2.93. The SMILES string of the molecule is COCCCC(N)C(=O)Nc1cc(C#N)cc(F)c1C. The highest BCUT2D eigenvalue weighted by Gasteiger charge is 2.16. The molecule has 1 rings (SSSR count). The van der Waals surface area contributed by atoms with Crippen LogP contribution in [0.2, 0.25) is 0 Å². The Hall–Kier alpha value is -1.97. The maximum atomic E-state index is 13.6. The van der Waals surface area contributed by atoms with E-state index in [4.69, 9.17) is 15.7 Å². The first-order valence-electron chi connectivity index (χ1n) is 6.25. The second-order valence-corrected chi connectivity index (χ2v) is 4.47. The van der Waals surface area contributed by atoms with Gasteiger partial charge in [-0.3, -0.25) is 4.79 Å². The van der Waals surface area contributed by atoms with E-state index in [0.717, 1.165) is 6.07 Å². The molecule has 0 aliphatic heterocycles. The molecule has 0 radical (unpaired) electrons. The molecule has 0 aromatic heterocycles. The Bertz CT molecular complexity index is 526. The molecule has 0 bridgehead atoms. The second-order valence-electron chi connectivity index (χ2n) is 4.47. The summed E-state index contributed by atoms with van der Waals surface area (Å²) in [5, 5.41) is 11.4. The zero-order valence-electron chi connectivity index (χ0n) is 11.6. The molecule has 0 spiro atoms. The topological polar surface area (TPSA) is 88.1 Å². The van der Waals surface area contributed by atoms with Crippen LogP contribution in [0.15, 0.2) is 12.1 Å². The quantitative estimate of drug-likeness (QED) is 0.776. The Morgan fingerprint density at radius 1 is 1.60 bits per heavy atom. The molecule has 0 aliphatic rings. The molecule has 0 heterocycles. The Kier molecular flexibility index (Phi) is 6.10. The molecule has 6 heteroatoms. The normalized spacial score (nSPS) is 11.8. The molecule has 0 aliphatic carbocycles. The average molecular weight is 279 g/mol. The number of nitrogens with two attached hydrogens (primary N) is 1. The van der Waals surface area contributed by atoms with Crippen LogP contribution in [0.3, 0.4) is 0 Å². The predicted octanol–water partition coefficient (Wildman–Crippen LogP) is 1.70. The van der Waals surface area contributed by atoms with Crippen molar-refractivity contribution in [3.63, 3.8) is 0 Å². The zero-order chi connectivity index (χ0) is 15.1. The number of nitriles is 1. The molecule has 0 saturated heterocycles. The summed E-state index contributed by atoms with van der Waals surface area (Å²) >= 11 is 0. The lowest BCUT2D eigenvalue weighted by Crippen LogP contribution is -2.36. The van der Waals surface area contributed by atoms with E-state index in [-0.39, 0.29) is 16.8 Å². The van der Waals surface area contributed by atoms with Gasteiger partial charge >= 0.3 is 0 Å². The van der Waals surface area contributed by atoms with Crippen LogP contribution >= 0.6 is 0 Å². The van der Waals surface area contributed by atoms with Gasteiger partial charge in [-0.1, -0.05) is 0 Å². The van der Waals surface area contributed by atoms with E-state index in [0.29, 0.717) is 19.4 Å². The lowest BCUT2D eigenvalue weighted by molar-refractivity contribution is -0.117. The monoisotopic (exact) mass is 279 g/mol. The molecule has 1 amide bonds. The van der Waals surface area contributed by atoms with Gasteiger partial charge in [0.15, 0.2) is 0 Å². The Morgan fingerprint density at radius 3 is 2.90 bits per heavy atom. The highest BCUT2D eigenvalue weighted by atomic mass is 19.1. The van der Waals surface area contributed by atoms with Crippen molar-refractivity contribution in [3.05, 3.63) is 29.1 Å². The molecule has 5 nitrogen and oxygen atoms in total. The zero-order valence-corrected chi connectivity index (χ0v) is 11.6. The minimum Gasteiger partial charge on any atom is -0.385 e. The molecular formula is C14H18FN3O2. The van der Waals surface area contributed by atoms with Crippen molar-refractivity contribution in [2.24, 2.45) is 5.73 Å². The Labute approximate surface area is 117 Å². The Morgan fingerprint density at radius 2 is 2.30 bits per heavy atom. The Balaban J connectivity index is 2.75. The fraction of sp³-hybridized carbons (Fsp3) is 0.429. The summed E-state index contributed by atoms with van der Waals surface area (Å²) in [5.41, 5.74) is 6.44. The van der Waals surface area contributed by atoms with E-state index in [1.54, 1.807) is 7.11 Å². The first-order valence-corrected chi connectivity index (χ1v) is 6.25. The summed E-state index contributed by atoms with van der Waals surface area (Å²) in [6.07, 6.45) is 1.13. The summed E-state index contributed by atoms with van der Waals surface area (Å²) in [7, 11) is 1.57. The van der Waals surface area contributed by atoms with Crippen LogP contribution in [0.5, 0.6) is 0 Å². The number of ether oxygens (including phenoxy) is 1. The van der Waals surface area contributed by atoms with Crippen LogP contribution in [0.25, 0.3) is 0 Å². The number of rotatable bonds is 6. The van der Waals surface area contributed by atoms with Gasteiger partial charge in [0.05, 0.1) is 17.7 Å². The van der Waals surface area contributed by atoms with E-state index in [1.807, 2.05) is 6.07 Å². The number of nitrogens with one attached hydrogen (secondary N) is 1. The van der Waals surface area contributed by atoms with Gasteiger partial charge in [0, 0.05) is 25.0 Å². The van der Waals surface area contributed by atoms with Crippen LogP contribution in [0.1, 0.15) is 24.0 Å². The van der Waals surface area contributed by atoms with Crippen molar-refractivity contribution in [1.82, 2.24) is 0 Å². The summed E-state index contributed by atoms with van der Waals surface area (Å²) in [5.74, 6) is -0.939. The number of benzene rings is 1. The van der Waals surface area contributed by atoms with Gasteiger partial charge in [0.1, 0.15) is 5.82 Å². The van der Waals surface area contributed by atoms with Gasteiger partial charge in [-0.2, -0.15) is 5.26 Å². The van der Waals surface area contributed by atoms with Gasteiger partial charge in [0.2, 0.25) is 5.91 Å². The lowest BCUT2D eigenvalue weighted by atomic mass is 10.1. The van der Waals surface area contributed by atoms with Gasteiger partial charge in [-0.15, -0.1) is 0 Å². The number of hydrogen-bond donors (Lipinski definition) is 2.